The maximum absolute atomic E-state index is 12.9. The summed E-state index contributed by atoms with van der Waals surface area (Å²) in [4.78, 5) is 40.6. The topological polar surface area (TPSA) is 69.7 Å². The third-order valence-corrected chi connectivity index (χ3v) is 6.25. The zero-order valence-electron chi connectivity index (χ0n) is 16.0. The lowest BCUT2D eigenvalue weighted by molar-refractivity contribution is -0.140. The molecule has 1 aromatic rings. The highest BCUT2D eigenvalue weighted by atomic mass is 35.5. The van der Waals surface area contributed by atoms with Crippen molar-refractivity contribution in [1.82, 2.24) is 15.1 Å². The summed E-state index contributed by atoms with van der Waals surface area (Å²) in [5.41, 5.74) is 0.120. The monoisotopic (exact) mass is 391 g/mol. The number of benzene rings is 1. The van der Waals surface area contributed by atoms with Crippen molar-refractivity contribution >= 4 is 29.4 Å². The van der Waals surface area contributed by atoms with E-state index in [9.17, 15) is 14.4 Å². The number of urea groups is 1. The van der Waals surface area contributed by atoms with Crippen LogP contribution < -0.4 is 5.32 Å². The molecule has 3 rings (SSSR count). The van der Waals surface area contributed by atoms with Crippen LogP contribution in [0.3, 0.4) is 0 Å². The van der Waals surface area contributed by atoms with Crippen LogP contribution in [0.4, 0.5) is 4.79 Å². The number of nitrogens with zero attached hydrogens (tertiary/aromatic N) is 2. The van der Waals surface area contributed by atoms with Gasteiger partial charge < -0.3 is 10.2 Å². The molecule has 1 aromatic carbocycles. The minimum Gasteiger partial charge on any atom is -0.337 e. The molecular formula is C20H26ClN3O3. The maximum Gasteiger partial charge on any atom is 0.325 e. The molecule has 1 aliphatic carbocycles. The van der Waals surface area contributed by atoms with Gasteiger partial charge in [0.15, 0.2) is 0 Å². The standard InChI is InChI=1S/C20H26ClN3O3/c1-13-8-10-20(11-9-13)18(26)24(19(27)22-20)12-17(25)23(3)14(2)15-4-6-16(21)7-5-15/h4-7,13-14H,8-12H2,1-3H3,(H,22,27). The molecule has 1 atom stereocenters. The Balaban J connectivity index is 1.67. The van der Waals surface area contributed by atoms with Crippen molar-refractivity contribution in [2.75, 3.05) is 13.6 Å². The molecular weight excluding hydrogens is 366 g/mol. The Morgan fingerprint density at radius 2 is 1.89 bits per heavy atom. The van der Waals surface area contributed by atoms with E-state index in [1.165, 1.54) is 0 Å². The van der Waals surface area contributed by atoms with Crippen molar-refractivity contribution < 1.29 is 14.4 Å². The Labute approximate surface area is 164 Å². The van der Waals surface area contributed by atoms with Crippen LogP contribution in [0.15, 0.2) is 24.3 Å². The van der Waals surface area contributed by atoms with Crippen LogP contribution in [-0.2, 0) is 9.59 Å². The second kappa shape index (κ2) is 7.50. The lowest BCUT2D eigenvalue weighted by atomic mass is 9.77. The van der Waals surface area contributed by atoms with Gasteiger partial charge >= 0.3 is 6.03 Å². The second-order valence-corrected chi connectivity index (χ2v) is 8.25. The van der Waals surface area contributed by atoms with Crippen LogP contribution in [0.1, 0.15) is 51.1 Å². The first-order chi connectivity index (χ1) is 12.7. The molecule has 0 bridgehead atoms. The van der Waals surface area contributed by atoms with Gasteiger partial charge in [0.1, 0.15) is 12.1 Å². The van der Waals surface area contributed by atoms with Crippen molar-refractivity contribution in [1.29, 1.82) is 0 Å². The van der Waals surface area contributed by atoms with Gasteiger partial charge in [-0.3, -0.25) is 14.5 Å². The largest absolute Gasteiger partial charge is 0.337 e. The highest BCUT2D eigenvalue weighted by molar-refractivity contribution is 6.30. The Morgan fingerprint density at radius 1 is 1.30 bits per heavy atom. The van der Waals surface area contributed by atoms with E-state index in [-0.39, 0.29) is 24.4 Å². The molecule has 1 saturated heterocycles. The summed E-state index contributed by atoms with van der Waals surface area (Å²) in [5, 5.41) is 3.48. The van der Waals surface area contributed by atoms with Gasteiger partial charge in [-0.15, -0.1) is 0 Å². The van der Waals surface area contributed by atoms with Gasteiger partial charge in [0, 0.05) is 12.1 Å². The van der Waals surface area contributed by atoms with E-state index in [0.717, 1.165) is 23.3 Å². The average Bonchev–Trinajstić information content (AvgIpc) is 2.88. The minimum absolute atomic E-state index is 0.194. The number of imide groups is 1. The van der Waals surface area contributed by atoms with Crippen LogP contribution in [0, 0.1) is 5.92 Å². The number of carbonyl (C=O) groups is 3. The molecule has 1 saturated carbocycles. The van der Waals surface area contributed by atoms with Gasteiger partial charge in [-0.1, -0.05) is 30.7 Å². The fourth-order valence-electron chi connectivity index (χ4n) is 3.84. The van der Waals surface area contributed by atoms with Crippen molar-refractivity contribution in [3.8, 4) is 0 Å². The number of nitrogens with one attached hydrogen (secondary N) is 1. The van der Waals surface area contributed by atoms with Gasteiger partial charge in [0.2, 0.25) is 5.91 Å². The number of carbonyl (C=O) groups excluding carboxylic acids is 3. The average molecular weight is 392 g/mol. The van der Waals surface area contributed by atoms with Crippen LogP contribution in [0.2, 0.25) is 5.02 Å². The van der Waals surface area contributed by atoms with E-state index in [1.54, 1.807) is 24.1 Å². The maximum atomic E-state index is 12.9. The molecule has 2 aliphatic rings. The molecule has 1 N–H and O–H groups in total. The Hall–Kier alpha value is -2.08. The van der Waals surface area contributed by atoms with Crippen molar-refractivity contribution in [3.63, 3.8) is 0 Å². The zero-order chi connectivity index (χ0) is 19.8. The number of amides is 4. The van der Waals surface area contributed by atoms with E-state index in [0.29, 0.717) is 23.8 Å². The van der Waals surface area contributed by atoms with Crippen LogP contribution in [-0.4, -0.2) is 46.8 Å². The number of rotatable bonds is 4. The summed E-state index contributed by atoms with van der Waals surface area (Å²) >= 11 is 5.91. The summed E-state index contributed by atoms with van der Waals surface area (Å²) in [6, 6.07) is 6.62. The summed E-state index contributed by atoms with van der Waals surface area (Å²) in [5.74, 6) is 0.0184. The fourth-order valence-corrected chi connectivity index (χ4v) is 3.97. The number of hydrogen-bond acceptors (Lipinski definition) is 3. The third kappa shape index (κ3) is 3.81. The van der Waals surface area contributed by atoms with Gasteiger partial charge in [-0.2, -0.15) is 0 Å². The van der Waals surface area contributed by atoms with Gasteiger partial charge in [0.25, 0.3) is 5.91 Å². The fraction of sp³-hybridized carbons (Fsp3) is 0.550. The molecule has 0 radical (unpaired) electrons. The molecule has 1 aliphatic heterocycles. The van der Waals surface area contributed by atoms with Crippen LogP contribution >= 0.6 is 11.6 Å². The zero-order valence-corrected chi connectivity index (χ0v) is 16.8. The molecule has 2 fully saturated rings. The normalized spacial score (nSPS) is 26.2. The smallest absolute Gasteiger partial charge is 0.325 e. The first-order valence-electron chi connectivity index (χ1n) is 9.39. The molecule has 1 spiro atoms. The SMILES string of the molecule is CC1CCC2(CC1)NC(=O)N(CC(=O)N(C)C(C)c1ccc(Cl)cc1)C2=O. The molecule has 1 heterocycles. The number of hydrogen-bond donors (Lipinski definition) is 1. The summed E-state index contributed by atoms with van der Waals surface area (Å²) in [6.45, 7) is 3.82. The molecule has 146 valence electrons. The number of halogens is 1. The van der Waals surface area contributed by atoms with E-state index in [4.69, 9.17) is 11.6 Å². The van der Waals surface area contributed by atoms with Crippen molar-refractivity contribution in [2.24, 2.45) is 5.92 Å². The Bertz CT molecular complexity index is 741. The van der Waals surface area contributed by atoms with E-state index >= 15 is 0 Å². The quantitative estimate of drug-likeness (QED) is 0.800. The predicted molar refractivity (Wildman–Crippen MR) is 103 cm³/mol. The summed E-state index contributed by atoms with van der Waals surface area (Å²) in [7, 11) is 1.68. The highest BCUT2D eigenvalue weighted by Crippen LogP contribution is 2.36. The number of likely N-dealkylation sites (N-methyl/N-ethyl adjacent to an activating group) is 1. The van der Waals surface area contributed by atoms with Crippen molar-refractivity contribution in [2.45, 2.75) is 51.1 Å². The lowest BCUT2D eigenvalue weighted by Crippen LogP contribution is -2.50. The first-order valence-corrected chi connectivity index (χ1v) is 9.76. The lowest BCUT2D eigenvalue weighted by Gasteiger charge is -2.33. The summed E-state index contributed by atoms with van der Waals surface area (Å²) < 4.78 is 0. The van der Waals surface area contributed by atoms with Crippen molar-refractivity contribution in [3.05, 3.63) is 34.9 Å². The van der Waals surface area contributed by atoms with E-state index in [1.807, 2.05) is 19.1 Å². The molecule has 4 amide bonds. The molecule has 7 heteroatoms. The minimum atomic E-state index is -0.815. The molecule has 1 unspecified atom stereocenters. The predicted octanol–water partition coefficient (Wildman–Crippen LogP) is 3.36. The van der Waals surface area contributed by atoms with Gasteiger partial charge in [-0.25, -0.2) is 4.79 Å². The van der Waals surface area contributed by atoms with Crippen LogP contribution in [0.25, 0.3) is 0 Å². The second-order valence-electron chi connectivity index (χ2n) is 7.82. The molecule has 6 nitrogen and oxygen atoms in total. The van der Waals surface area contributed by atoms with Crippen LogP contribution in [0.5, 0.6) is 0 Å². The van der Waals surface area contributed by atoms with Gasteiger partial charge in [-0.05, 0) is 56.2 Å². The Kier molecular flexibility index (Phi) is 5.47. The molecule has 27 heavy (non-hydrogen) atoms. The van der Waals surface area contributed by atoms with E-state index in [2.05, 4.69) is 12.2 Å². The van der Waals surface area contributed by atoms with E-state index < -0.39 is 11.6 Å². The Morgan fingerprint density at radius 3 is 2.48 bits per heavy atom. The highest BCUT2D eigenvalue weighted by Gasteiger charge is 2.52. The molecule has 0 aromatic heterocycles. The third-order valence-electron chi connectivity index (χ3n) is 5.99. The summed E-state index contributed by atoms with van der Waals surface area (Å²) in [6.07, 6.45) is 3.09. The van der Waals surface area contributed by atoms with Gasteiger partial charge in [0.05, 0.1) is 6.04 Å². The first kappa shape index (κ1) is 19.7.